The minimum atomic E-state index is 0.248. The number of amides is 1. The van der Waals surface area contributed by atoms with Crippen LogP contribution in [0.2, 0.25) is 0 Å². The van der Waals surface area contributed by atoms with Crippen LogP contribution < -0.4 is 5.32 Å². The average Bonchev–Trinajstić information content (AvgIpc) is 3.10. The average molecular weight is 229 g/mol. The van der Waals surface area contributed by atoms with E-state index in [2.05, 4.69) is 29.6 Å². The standard InChI is InChI=1S/C15H19NO/c17-15(13-9-10-13)16-14(12-7-4-8-12)11-5-2-1-3-6-11/h1-3,5-6,12-14H,4,7-10H2,(H,16,17)/t14-/m0/s1. The lowest BCUT2D eigenvalue weighted by atomic mass is 9.77. The van der Waals surface area contributed by atoms with Gasteiger partial charge in [-0.2, -0.15) is 0 Å². The van der Waals surface area contributed by atoms with Crippen molar-refractivity contribution >= 4 is 5.91 Å². The highest BCUT2D eigenvalue weighted by molar-refractivity contribution is 5.81. The Labute approximate surface area is 102 Å². The van der Waals surface area contributed by atoms with Gasteiger partial charge in [-0.3, -0.25) is 4.79 Å². The van der Waals surface area contributed by atoms with Crippen molar-refractivity contribution in [1.82, 2.24) is 5.32 Å². The van der Waals surface area contributed by atoms with Crippen LogP contribution in [-0.2, 0) is 4.79 Å². The molecule has 2 aliphatic rings. The Morgan fingerprint density at radius 1 is 1.12 bits per heavy atom. The maximum atomic E-state index is 11.9. The molecule has 2 aliphatic carbocycles. The number of hydrogen-bond acceptors (Lipinski definition) is 1. The van der Waals surface area contributed by atoms with Gasteiger partial charge >= 0.3 is 0 Å². The topological polar surface area (TPSA) is 29.1 Å². The summed E-state index contributed by atoms with van der Waals surface area (Å²) in [6.45, 7) is 0. The zero-order valence-corrected chi connectivity index (χ0v) is 10.1. The maximum absolute atomic E-state index is 11.9. The van der Waals surface area contributed by atoms with E-state index in [1.165, 1.54) is 24.8 Å². The molecule has 0 unspecified atom stereocenters. The SMILES string of the molecule is O=C(N[C@@H](c1ccccc1)C1CCC1)C1CC1. The second kappa shape index (κ2) is 4.52. The van der Waals surface area contributed by atoms with Gasteiger partial charge in [-0.1, -0.05) is 36.8 Å². The van der Waals surface area contributed by atoms with Gasteiger partial charge in [-0.15, -0.1) is 0 Å². The fourth-order valence-corrected chi connectivity index (χ4v) is 2.52. The summed E-state index contributed by atoms with van der Waals surface area (Å²) in [6, 6.07) is 10.7. The van der Waals surface area contributed by atoms with E-state index >= 15 is 0 Å². The lowest BCUT2D eigenvalue weighted by Crippen LogP contribution is -2.36. The molecular formula is C15H19NO. The van der Waals surface area contributed by atoms with E-state index in [-0.39, 0.29) is 11.9 Å². The molecule has 1 amide bonds. The van der Waals surface area contributed by atoms with Gasteiger partial charge < -0.3 is 5.32 Å². The number of carbonyl (C=O) groups excluding carboxylic acids is 1. The predicted octanol–water partition coefficient (Wildman–Crippen LogP) is 3.05. The van der Waals surface area contributed by atoms with Gasteiger partial charge in [0.25, 0.3) is 0 Å². The number of hydrogen-bond donors (Lipinski definition) is 1. The highest BCUT2D eigenvalue weighted by Crippen LogP contribution is 2.39. The van der Waals surface area contributed by atoms with Crippen LogP contribution in [0, 0.1) is 11.8 Å². The van der Waals surface area contributed by atoms with Gasteiger partial charge in [0.1, 0.15) is 0 Å². The van der Waals surface area contributed by atoms with Gasteiger partial charge in [-0.25, -0.2) is 0 Å². The quantitative estimate of drug-likeness (QED) is 0.844. The van der Waals surface area contributed by atoms with E-state index < -0.39 is 0 Å². The summed E-state index contributed by atoms with van der Waals surface area (Å²) in [7, 11) is 0. The smallest absolute Gasteiger partial charge is 0.223 e. The summed E-state index contributed by atoms with van der Waals surface area (Å²) < 4.78 is 0. The molecule has 0 bridgehead atoms. The number of carbonyl (C=O) groups is 1. The molecule has 2 fully saturated rings. The Morgan fingerprint density at radius 2 is 1.82 bits per heavy atom. The lowest BCUT2D eigenvalue weighted by molar-refractivity contribution is -0.123. The van der Waals surface area contributed by atoms with Crippen LogP contribution in [0.25, 0.3) is 0 Å². The monoisotopic (exact) mass is 229 g/mol. The minimum absolute atomic E-state index is 0.248. The fourth-order valence-electron chi connectivity index (χ4n) is 2.52. The molecular weight excluding hydrogens is 210 g/mol. The summed E-state index contributed by atoms with van der Waals surface area (Å²) >= 11 is 0. The number of rotatable bonds is 4. The van der Waals surface area contributed by atoms with E-state index in [4.69, 9.17) is 0 Å². The fraction of sp³-hybridized carbons (Fsp3) is 0.533. The van der Waals surface area contributed by atoms with E-state index in [1.54, 1.807) is 0 Å². The first-order valence-corrected chi connectivity index (χ1v) is 6.70. The Kier molecular flexibility index (Phi) is 2.87. The normalized spacial score (nSPS) is 21.6. The molecule has 0 aliphatic heterocycles. The molecule has 1 aromatic rings. The van der Waals surface area contributed by atoms with Crippen molar-refractivity contribution in [1.29, 1.82) is 0 Å². The Bertz CT molecular complexity index is 393. The molecule has 1 atom stereocenters. The first-order valence-electron chi connectivity index (χ1n) is 6.70. The molecule has 1 aromatic carbocycles. The molecule has 0 radical (unpaired) electrons. The van der Waals surface area contributed by atoms with Crippen molar-refractivity contribution in [2.45, 2.75) is 38.1 Å². The minimum Gasteiger partial charge on any atom is -0.349 e. The van der Waals surface area contributed by atoms with Crippen molar-refractivity contribution in [3.8, 4) is 0 Å². The first-order chi connectivity index (χ1) is 8.34. The van der Waals surface area contributed by atoms with Gasteiger partial charge in [0.15, 0.2) is 0 Å². The molecule has 1 N–H and O–H groups in total. The van der Waals surface area contributed by atoms with Crippen LogP contribution in [0.15, 0.2) is 30.3 Å². The predicted molar refractivity (Wildman–Crippen MR) is 67.4 cm³/mol. The molecule has 0 saturated heterocycles. The molecule has 2 nitrogen and oxygen atoms in total. The van der Waals surface area contributed by atoms with Gasteiger partial charge in [0, 0.05) is 5.92 Å². The zero-order valence-electron chi connectivity index (χ0n) is 10.1. The Hall–Kier alpha value is -1.31. The van der Waals surface area contributed by atoms with Crippen LogP contribution in [-0.4, -0.2) is 5.91 Å². The molecule has 0 spiro atoms. The molecule has 2 saturated carbocycles. The zero-order chi connectivity index (χ0) is 11.7. The summed E-state index contributed by atoms with van der Waals surface area (Å²) in [5.74, 6) is 1.23. The van der Waals surface area contributed by atoms with Gasteiger partial charge in [-0.05, 0) is 37.2 Å². The summed E-state index contributed by atoms with van der Waals surface area (Å²) in [6.07, 6.45) is 5.98. The first kappa shape index (κ1) is 10.8. The van der Waals surface area contributed by atoms with Gasteiger partial charge in [0.05, 0.1) is 6.04 Å². The lowest BCUT2D eigenvalue weighted by Gasteiger charge is -2.34. The third kappa shape index (κ3) is 2.36. The third-order valence-corrected chi connectivity index (χ3v) is 4.03. The van der Waals surface area contributed by atoms with Crippen LogP contribution >= 0.6 is 0 Å². The summed E-state index contributed by atoms with van der Waals surface area (Å²) in [5, 5.41) is 3.26. The Balaban J connectivity index is 1.74. The van der Waals surface area contributed by atoms with Crippen LogP contribution in [0.4, 0.5) is 0 Å². The van der Waals surface area contributed by atoms with E-state index in [0.29, 0.717) is 11.8 Å². The molecule has 0 heterocycles. The number of nitrogens with one attached hydrogen (secondary N) is 1. The van der Waals surface area contributed by atoms with Crippen molar-refractivity contribution in [2.75, 3.05) is 0 Å². The van der Waals surface area contributed by atoms with Crippen LogP contribution in [0.5, 0.6) is 0 Å². The maximum Gasteiger partial charge on any atom is 0.223 e. The summed E-state index contributed by atoms with van der Waals surface area (Å²) in [5.41, 5.74) is 1.27. The van der Waals surface area contributed by atoms with Crippen LogP contribution in [0.3, 0.4) is 0 Å². The van der Waals surface area contributed by atoms with Gasteiger partial charge in [0.2, 0.25) is 5.91 Å². The van der Waals surface area contributed by atoms with E-state index in [9.17, 15) is 4.79 Å². The van der Waals surface area contributed by atoms with E-state index in [1.807, 2.05) is 6.07 Å². The number of benzene rings is 1. The molecule has 90 valence electrons. The summed E-state index contributed by atoms with van der Waals surface area (Å²) in [4.78, 5) is 11.9. The Morgan fingerprint density at radius 3 is 2.35 bits per heavy atom. The van der Waals surface area contributed by atoms with Crippen molar-refractivity contribution in [2.24, 2.45) is 11.8 Å². The molecule has 17 heavy (non-hydrogen) atoms. The van der Waals surface area contributed by atoms with Crippen molar-refractivity contribution in [3.05, 3.63) is 35.9 Å². The third-order valence-electron chi connectivity index (χ3n) is 4.03. The van der Waals surface area contributed by atoms with Crippen molar-refractivity contribution in [3.63, 3.8) is 0 Å². The second-order valence-electron chi connectivity index (χ2n) is 5.36. The second-order valence-corrected chi connectivity index (χ2v) is 5.36. The van der Waals surface area contributed by atoms with E-state index in [0.717, 1.165) is 12.8 Å². The van der Waals surface area contributed by atoms with Crippen LogP contribution in [0.1, 0.15) is 43.7 Å². The largest absolute Gasteiger partial charge is 0.349 e. The molecule has 2 heteroatoms. The highest BCUT2D eigenvalue weighted by Gasteiger charge is 2.35. The molecule has 0 aromatic heterocycles. The highest BCUT2D eigenvalue weighted by atomic mass is 16.2. The molecule has 3 rings (SSSR count). The van der Waals surface area contributed by atoms with Crippen molar-refractivity contribution < 1.29 is 4.79 Å².